The summed E-state index contributed by atoms with van der Waals surface area (Å²) in [5.41, 5.74) is 0.0350. The molecule has 0 spiro atoms. The number of unbranched alkanes of at least 4 members (excludes halogenated alkanes) is 1. The lowest BCUT2D eigenvalue weighted by atomic mass is 10.2. The average Bonchev–Trinajstić information content (AvgIpc) is 2.44. The van der Waals surface area contributed by atoms with Crippen molar-refractivity contribution < 1.29 is 27.4 Å². The zero-order valence-corrected chi connectivity index (χ0v) is 13.0. The number of sulfonamides is 1. The van der Waals surface area contributed by atoms with Crippen molar-refractivity contribution in [2.75, 3.05) is 20.8 Å². The zero-order valence-electron chi connectivity index (χ0n) is 12.2. The lowest BCUT2D eigenvalue weighted by Gasteiger charge is -2.13. The van der Waals surface area contributed by atoms with Crippen molar-refractivity contribution in [3.63, 3.8) is 0 Å². The number of hydrogen-bond donors (Lipinski definition) is 1. The molecule has 1 aromatic rings. The normalized spacial score (nSPS) is 11.0. The number of rotatable bonds is 7. The molecule has 21 heavy (non-hydrogen) atoms. The van der Waals surface area contributed by atoms with E-state index in [1.807, 2.05) is 6.92 Å². The second-order valence-corrected chi connectivity index (χ2v) is 5.77. The summed E-state index contributed by atoms with van der Waals surface area (Å²) in [5.74, 6) is -0.606. The Morgan fingerprint density at radius 1 is 1.24 bits per heavy atom. The first-order valence-electron chi connectivity index (χ1n) is 6.31. The molecule has 0 aromatic heterocycles. The quantitative estimate of drug-likeness (QED) is 0.600. The number of hydrogen-bond acceptors (Lipinski definition) is 6. The highest BCUT2D eigenvalue weighted by molar-refractivity contribution is 7.89. The third-order valence-corrected chi connectivity index (χ3v) is 3.63. The largest absolute Gasteiger partial charge is 0.493 e. The topological polar surface area (TPSA) is 105 Å². The molecule has 0 amide bonds. The van der Waals surface area contributed by atoms with Gasteiger partial charge in [-0.25, -0.2) is 18.4 Å². The van der Waals surface area contributed by atoms with Crippen molar-refractivity contribution in [2.24, 2.45) is 5.14 Å². The van der Waals surface area contributed by atoms with Crippen LogP contribution in [0.4, 0.5) is 0 Å². The molecule has 0 atom stereocenters. The van der Waals surface area contributed by atoms with Gasteiger partial charge in [0.05, 0.1) is 26.4 Å². The first-order valence-corrected chi connectivity index (χ1v) is 7.85. The standard InChI is InChI=1S/C13H19NO6S/c1-4-5-6-20-13(15)9-7-10(18-2)12(19-3)11(8-9)21(14,16)17/h7-8H,4-6H2,1-3H3,(H2,14,16,17). The molecule has 0 fully saturated rings. The van der Waals surface area contributed by atoms with Crippen molar-refractivity contribution in [1.82, 2.24) is 0 Å². The highest BCUT2D eigenvalue weighted by Gasteiger charge is 2.23. The predicted molar refractivity (Wildman–Crippen MR) is 76.1 cm³/mol. The molecule has 0 heterocycles. The minimum absolute atomic E-state index is 0.0350. The first kappa shape index (κ1) is 17.3. The summed E-state index contributed by atoms with van der Waals surface area (Å²) in [7, 11) is -1.46. The number of methoxy groups -OCH3 is 2. The Labute approximate surface area is 124 Å². The number of benzene rings is 1. The van der Waals surface area contributed by atoms with E-state index < -0.39 is 16.0 Å². The average molecular weight is 317 g/mol. The molecule has 7 nitrogen and oxygen atoms in total. The number of ether oxygens (including phenoxy) is 3. The molecule has 0 unspecified atom stereocenters. The van der Waals surface area contributed by atoms with Crippen LogP contribution in [0.2, 0.25) is 0 Å². The summed E-state index contributed by atoms with van der Waals surface area (Å²) >= 11 is 0. The van der Waals surface area contributed by atoms with Crippen LogP contribution in [0.25, 0.3) is 0 Å². The van der Waals surface area contributed by atoms with E-state index in [1.165, 1.54) is 20.3 Å². The Kier molecular flexibility index (Phi) is 5.98. The summed E-state index contributed by atoms with van der Waals surface area (Å²) in [4.78, 5) is 11.6. The maximum absolute atomic E-state index is 11.9. The van der Waals surface area contributed by atoms with Gasteiger partial charge in [-0.15, -0.1) is 0 Å². The lowest BCUT2D eigenvalue weighted by molar-refractivity contribution is 0.0499. The fourth-order valence-corrected chi connectivity index (χ4v) is 2.38. The summed E-state index contributed by atoms with van der Waals surface area (Å²) in [6.45, 7) is 2.22. The first-order chi connectivity index (χ1) is 9.85. The van der Waals surface area contributed by atoms with E-state index in [4.69, 9.17) is 19.3 Å². The summed E-state index contributed by atoms with van der Waals surface area (Å²) in [6, 6.07) is 2.47. The molecule has 0 radical (unpaired) electrons. The highest BCUT2D eigenvalue weighted by Crippen LogP contribution is 2.35. The second-order valence-electron chi connectivity index (χ2n) is 4.24. The van der Waals surface area contributed by atoms with Crippen molar-refractivity contribution in [3.8, 4) is 11.5 Å². The van der Waals surface area contributed by atoms with E-state index in [2.05, 4.69) is 0 Å². The van der Waals surface area contributed by atoms with Gasteiger partial charge in [-0.1, -0.05) is 13.3 Å². The van der Waals surface area contributed by atoms with Gasteiger partial charge in [-0.05, 0) is 18.6 Å². The van der Waals surface area contributed by atoms with Crippen molar-refractivity contribution in [1.29, 1.82) is 0 Å². The van der Waals surface area contributed by atoms with Crippen LogP contribution in [0.15, 0.2) is 17.0 Å². The molecule has 0 bridgehead atoms. The molecule has 1 aromatic carbocycles. The van der Waals surface area contributed by atoms with Crippen LogP contribution in [0.3, 0.4) is 0 Å². The van der Waals surface area contributed by atoms with E-state index in [0.717, 1.165) is 18.9 Å². The van der Waals surface area contributed by atoms with Gasteiger partial charge in [0.25, 0.3) is 0 Å². The van der Waals surface area contributed by atoms with Gasteiger partial charge < -0.3 is 14.2 Å². The van der Waals surface area contributed by atoms with E-state index >= 15 is 0 Å². The van der Waals surface area contributed by atoms with E-state index in [-0.39, 0.29) is 28.6 Å². The van der Waals surface area contributed by atoms with Crippen LogP contribution in [-0.2, 0) is 14.8 Å². The van der Waals surface area contributed by atoms with Gasteiger partial charge in [-0.2, -0.15) is 0 Å². The Hall–Kier alpha value is -1.80. The van der Waals surface area contributed by atoms with Gasteiger partial charge in [0, 0.05) is 0 Å². The van der Waals surface area contributed by atoms with Crippen LogP contribution in [0.1, 0.15) is 30.1 Å². The molecule has 118 valence electrons. The van der Waals surface area contributed by atoms with E-state index in [0.29, 0.717) is 0 Å². The molecule has 2 N–H and O–H groups in total. The molecule has 0 saturated carbocycles. The maximum atomic E-state index is 11.9. The smallest absolute Gasteiger partial charge is 0.338 e. The molecular formula is C13H19NO6S. The molecular weight excluding hydrogens is 298 g/mol. The fourth-order valence-electron chi connectivity index (χ4n) is 1.65. The number of primary sulfonamides is 1. The van der Waals surface area contributed by atoms with Crippen LogP contribution in [-0.4, -0.2) is 35.2 Å². The van der Waals surface area contributed by atoms with Crippen LogP contribution < -0.4 is 14.6 Å². The van der Waals surface area contributed by atoms with Gasteiger partial charge in [0.2, 0.25) is 10.0 Å². The van der Waals surface area contributed by atoms with Crippen molar-refractivity contribution in [3.05, 3.63) is 17.7 Å². The minimum Gasteiger partial charge on any atom is -0.493 e. The number of carbonyl (C=O) groups is 1. The monoisotopic (exact) mass is 317 g/mol. The van der Waals surface area contributed by atoms with E-state index in [1.54, 1.807) is 0 Å². The third-order valence-electron chi connectivity index (χ3n) is 2.72. The van der Waals surface area contributed by atoms with Gasteiger partial charge in [0.15, 0.2) is 11.5 Å². The molecule has 8 heteroatoms. The summed E-state index contributed by atoms with van der Waals surface area (Å²) in [5, 5.41) is 5.13. The Bertz CT molecular complexity index is 611. The van der Waals surface area contributed by atoms with Gasteiger partial charge >= 0.3 is 5.97 Å². The van der Waals surface area contributed by atoms with Crippen LogP contribution in [0.5, 0.6) is 11.5 Å². The molecule has 0 aliphatic rings. The van der Waals surface area contributed by atoms with Crippen molar-refractivity contribution >= 4 is 16.0 Å². The third kappa shape index (κ3) is 4.33. The number of esters is 1. The van der Waals surface area contributed by atoms with Crippen LogP contribution >= 0.6 is 0 Å². The Morgan fingerprint density at radius 2 is 1.90 bits per heavy atom. The van der Waals surface area contributed by atoms with Gasteiger partial charge in [0.1, 0.15) is 4.90 Å². The van der Waals surface area contributed by atoms with Gasteiger partial charge in [-0.3, -0.25) is 0 Å². The second kappa shape index (κ2) is 7.28. The number of nitrogens with two attached hydrogens (primary N) is 1. The number of carbonyl (C=O) groups excluding carboxylic acids is 1. The Balaban J connectivity index is 3.27. The lowest BCUT2D eigenvalue weighted by Crippen LogP contribution is -2.16. The SMILES string of the molecule is CCCCOC(=O)c1cc(OC)c(OC)c(S(N)(=O)=O)c1. The molecule has 1 rings (SSSR count). The predicted octanol–water partition coefficient (Wildman–Crippen LogP) is 1.31. The van der Waals surface area contributed by atoms with Crippen LogP contribution in [0, 0.1) is 0 Å². The van der Waals surface area contributed by atoms with Crippen molar-refractivity contribution in [2.45, 2.75) is 24.7 Å². The highest BCUT2D eigenvalue weighted by atomic mass is 32.2. The zero-order chi connectivity index (χ0) is 16.0. The van der Waals surface area contributed by atoms with E-state index in [9.17, 15) is 13.2 Å². The summed E-state index contributed by atoms with van der Waals surface area (Å²) < 4.78 is 38.3. The fraction of sp³-hybridized carbons (Fsp3) is 0.462. The molecule has 0 aliphatic heterocycles. The maximum Gasteiger partial charge on any atom is 0.338 e. The molecule has 0 aliphatic carbocycles. The minimum atomic E-state index is -4.07. The molecule has 0 saturated heterocycles. The Morgan fingerprint density at radius 3 is 2.38 bits per heavy atom. The summed E-state index contributed by atoms with van der Waals surface area (Å²) in [6.07, 6.45) is 1.60.